The summed E-state index contributed by atoms with van der Waals surface area (Å²) in [5, 5.41) is 23.1. The highest BCUT2D eigenvalue weighted by molar-refractivity contribution is 5.76. The molecule has 0 spiro atoms. The Hall–Kier alpha value is -2.69. The van der Waals surface area contributed by atoms with Crippen LogP contribution in [0.15, 0.2) is 97.2 Å². The summed E-state index contributed by atoms with van der Waals surface area (Å²) >= 11 is 0. The molecule has 0 heterocycles. The zero-order valence-electron chi connectivity index (χ0n) is 45.1. The maximum Gasteiger partial charge on any atom is 0.220 e. The summed E-state index contributed by atoms with van der Waals surface area (Å²) in [6.07, 6.45) is 87.2. The van der Waals surface area contributed by atoms with Gasteiger partial charge < -0.3 is 15.5 Å². The van der Waals surface area contributed by atoms with E-state index in [-0.39, 0.29) is 12.5 Å². The lowest BCUT2D eigenvalue weighted by molar-refractivity contribution is -0.123. The molecule has 0 aliphatic carbocycles. The van der Waals surface area contributed by atoms with Gasteiger partial charge in [-0.1, -0.05) is 291 Å². The van der Waals surface area contributed by atoms with Gasteiger partial charge in [0, 0.05) is 6.42 Å². The topological polar surface area (TPSA) is 69.6 Å². The first-order valence-corrected chi connectivity index (χ1v) is 29.5. The van der Waals surface area contributed by atoms with Gasteiger partial charge in [-0.25, -0.2) is 0 Å². The summed E-state index contributed by atoms with van der Waals surface area (Å²) in [5.74, 6) is -0.0731. The van der Waals surface area contributed by atoms with Crippen LogP contribution in [0.3, 0.4) is 0 Å². The largest absolute Gasteiger partial charge is 0.394 e. The Bertz CT molecular complexity index is 1250. The lowest BCUT2D eigenvalue weighted by atomic mass is 10.0. The standard InChI is InChI=1S/C64H113NO3/c1-3-5-7-9-11-13-15-17-19-21-23-24-25-26-27-28-29-30-31-32-33-34-35-36-37-38-39-40-42-44-46-48-50-52-54-56-58-60-64(68)65-62(61-66)63(67)59-57-55-53-51-49-47-45-43-41-22-20-18-16-14-12-10-8-6-4-2/h5,7,11,13,17,19,23-24,26-27,29-30,49,51,57,59,62-63,66-67H,3-4,6,8-10,12,14-16,18,20-22,25,28,31-48,50,52-56,58,60-61H2,1-2H3,(H,65,68)/b7-5-,13-11-,19-17-,24-23-,27-26-,30-29-,51-49+,59-57+. The quantitative estimate of drug-likeness (QED) is 0.0420. The maximum absolute atomic E-state index is 12.5. The van der Waals surface area contributed by atoms with E-state index in [1.807, 2.05) is 6.08 Å². The van der Waals surface area contributed by atoms with Crippen LogP contribution in [0.4, 0.5) is 0 Å². The molecule has 0 aliphatic rings. The molecule has 1 amide bonds. The van der Waals surface area contributed by atoms with Gasteiger partial charge in [-0.15, -0.1) is 0 Å². The summed E-state index contributed by atoms with van der Waals surface area (Å²) in [7, 11) is 0. The minimum atomic E-state index is -0.866. The van der Waals surface area contributed by atoms with E-state index < -0.39 is 12.1 Å². The van der Waals surface area contributed by atoms with Crippen molar-refractivity contribution in [2.75, 3.05) is 6.61 Å². The van der Waals surface area contributed by atoms with Crippen molar-refractivity contribution in [2.24, 2.45) is 0 Å². The van der Waals surface area contributed by atoms with Crippen molar-refractivity contribution in [3.8, 4) is 0 Å². The third kappa shape index (κ3) is 54.3. The molecule has 2 unspecified atom stereocenters. The molecule has 0 aliphatic heterocycles. The van der Waals surface area contributed by atoms with Crippen molar-refractivity contribution in [2.45, 2.75) is 296 Å². The van der Waals surface area contributed by atoms with Gasteiger partial charge in [0.05, 0.1) is 18.8 Å². The number of aliphatic hydroxyl groups excluding tert-OH is 2. The van der Waals surface area contributed by atoms with E-state index in [4.69, 9.17) is 0 Å². The van der Waals surface area contributed by atoms with E-state index in [2.05, 4.69) is 104 Å². The predicted octanol–water partition coefficient (Wildman–Crippen LogP) is 19.7. The van der Waals surface area contributed by atoms with Crippen LogP contribution in [0.2, 0.25) is 0 Å². The monoisotopic (exact) mass is 944 g/mol. The van der Waals surface area contributed by atoms with Crippen LogP contribution in [0.1, 0.15) is 284 Å². The fourth-order valence-corrected chi connectivity index (χ4v) is 8.61. The average Bonchev–Trinajstić information content (AvgIpc) is 3.34. The third-order valence-corrected chi connectivity index (χ3v) is 13.1. The van der Waals surface area contributed by atoms with Crippen LogP contribution < -0.4 is 5.32 Å². The predicted molar refractivity (Wildman–Crippen MR) is 303 cm³/mol. The van der Waals surface area contributed by atoms with Crippen LogP contribution in [0, 0.1) is 0 Å². The van der Waals surface area contributed by atoms with E-state index in [1.54, 1.807) is 6.08 Å². The second kappa shape index (κ2) is 58.6. The Kier molecular flexibility index (Phi) is 56.3. The molecule has 0 aromatic heterocycles. The van der Waals surface area contributed by atoms with Gasteiger partial charge in [0.25, 0.3) is 0 Å². The normalized spacial score (nSPS) is 13.5. The zero-order chi connectivity index (χ0) is 49.2. The lowest BCUT2D eigenvalue weighted by Gasteiger charge is -2.19. The molecule has 4 nitrogen and oxygen atoms in total. The summed E-state index contributed by atoms with van der Waals surface area (Å²) in [6.45, 7) is 4.20. The highest BCUT2D eigenvalue weighted by Crippen LogP contribution is 2.16. The number of hydrogen-bond donors (Lipinski definition) is 3. The van der Waals surface area contributed by atoms with Crippen LogP contribution >= 0.6 is 0 Å². The van der Waals surface area contributed by atoms with Crippen molar-refractivity contribution in [3.05, 3.63) is 97.2 Å². The molecule has 0 saturated carbocycles. The van der Waals surface area contributed by atoms with Gasteiger partial charge in [-0.3, -0.25) is 4.79 Å². The van der Waals surface area contributed by atoms with Gasteiger partial charge >= 0.3 is 0 Å². The number of carbonyl (C=O) groups is 1. The van der Waals surface area contributed by atoms with E-state index in [1.165, 1.54) is 193 Å². The summed E-state index contributed by atoms with van der Waals surface area (Å²) in [4.78, 5) is 12.5. The van der Waals surface area contributed by atoms with Crippen molar-refractivity contribution < 1.29 is 15.0 Å². The van der Waals surface area contributed by atoms with Crippen molar-refractivity contribution in [1.29, 1.82) is 0 Å². The van der Waals surface area contributed by atoms with E-state index in [0.717, 1.165) is 70.6 Å². The van der Waals surface area contributed by atoms with Crippen molar-refractivity contribution in [3.63, 3.8) is 0 Å². The number of rotatable bonds is 53. The van der Waals surface area contributed by atoms with Gasteiger partial charge in [-0.05, 0) is 83.5 Å². The van der Waals surface area contributed by atoms with E-state index in [0.29, 0.717) is 6.42 Å². The Morgan fingerprint density at radius 1 is 0.368 bits per heavy atom. The first-order valence-electron chi connectivity index (χ1n) is 29.5. The number of carbonyl (C=O) groups excluding carboxylic acids is 1. The molecule has 392 valence electrons. The van der Waals surface area contributed by atoms with Gasteiger partial charge in [0.15, 0.2) is 0 Å². The molecule has 0 saturated heterocycles. The average molecular weight is 945 g/mol. The molecular formula is C64H113NO3. The number of amides is 1. The third-order valence-electron chi connectivity index (χ3n) is 13.1. The zero-order valence-corrected chi connectivity index (χ0v) is 45.1. The minimum Gasteiger partial charge on any atom is -0.394 e. The second-order valence-electron chi connectivity index (χ2n) is 19.7. The molecule has 3 N–H and O–H groups in total. The first kappa shape index (κ1) is 65.3. The van der Waals surface area contributed by atoms with Gasteiger partial charge in [0.1, 0.15) is 0 Å². The molecule has 4 heteroatoms. The number of hydrogen-bond acceptors (Lipinski definition) is 3. The SMILES string of the molecule is CC/C=C\C/C=C\C/C=C\C/C=C\C/C=C\C/C=C\CCCCCCCCCCCCCCCCCCCCC(=O)NC(CO)C(O)/C=C/CC/C=C/CCCCCCCCCCCCCCC. The molecule has 0 rings (SSSR count). The molecule has 0 bridgehead atoms. The van der Waals surface area contributed by atoms with Gasteiger partial charge in [-0.2, -0.15) is 0 Å². The van der Waals surface area contributed by atoms with Crippen LogP contribution in [0.5, 0.6) is 0 Å². The highest BCUT2D eigenvalue weighted by Gasteiger charge is 2.18. The molecular weight excluding hydrogens is 831 g/mol. The van der Waals surface area contributed by atoms with E-state index in [9.17, 15) is 15.0 Å². The molecule has 2 atom stereocenters. The lowest BCUT2D eigenvalue weighted by Crippen LogP contribution is -2.45. The van der Waals surface area contributed by atoms with Crippen LogP contribution in [0.25, 0.3) is 0 Å². The second-order valence-corrected chi connectivity index (χ2v) is 19.7. The Morgan fingerprint density at radius 3 is 1.03 bits per heavy atom. The van der Waals surface area contributed by atoms with E-state index >= 15 is 0 Å². The smallest absolute Gasteiger partial charge is 0.220 e. The highest BCUT2D eigenvalue weighted by atomic mass is 16.3. The van der Waals surface area contributed by atoms with Crippen LogP contribution in [-0.2, 0) is 4.79 Å². The summed E-state index contributed by atoms with van der Waals surface area (Å²) < 4.78 is 0. The Balaban J connectivity index is 3.51. The molecule has 0 aromatic rings. The fraction of sp³-hybridized carbons (Fsp3) is 0.734. The number of aliphatic hydroxyl groups is 2. The number of nitrogens with one attached hydrogen (secondary N) is 1. The number of unbranched alkanes of at least 4 members (excludes halogenated alkanes) is 32. The Morgan fingerprint density at radius 2 is 0.662 bits per heavy atom. The molecule has 0 fully saturated rings. The molecule has 68 heavy (non-hydrogen) atoms. The Labute approximate surface area is 424 Å². The summed E-state index contributed by atoms with van der Waals surface area (Å²) in [5.41, 5.74) is 0. The van der Waals surface area contributed by atoms with Crippen molar-refractivity contribution in [1.82, 2.24) is 5.32 Å². The summed E-state index contributed by atoms with van der Waals surface area (Å²) in [6, 6.07) is -0.643. The first-order chi connectivity index (χ1) is 33.7. The van der Waals surface area contributed by atoms with Crippen molar-refractivity contribution >= 4 is 5.91 Å². The molecule has 0 aromatic carbocycles. The minimum absolute atomic E-state index is 0.0731. The maximum atomic E-state index is 12.5. The van der Waals surface area contributed by atoms with Crippen LogP contribution in [-0.4, -0.2) is 34.9 Å². The molecule has 0 radical (unpaired) electrons. The fourth-order valence-electron chi connectivity index (χ4n) is 8.61. The number of allylic oxidation sites excluding steroid dienone is 15. The van der Waals surface area contributed by atoms with Gasteiger partial charge in [0.2, 0.25) is 5.91 Å².